The molecule has 1 fully saturated rings. The van der Waals surface area contributed by atoms with Crippen LogP contribution in [0.2, 0.25) is 0 Å². The molecule has 0 aliphatic carbocycles. The standard InChI is InChI=1S/C10H17NO/c1-5-10(12)6-9(3)11(4)7-8(10)2/h1,8-9,12H,6-7H2,2-4H3/t8-,9-,10-/m1/s1. The Bertz CT molecular complexity index is 208. The zero-order valence-electron chi connectivity index (χ0n) is 8.04. The van der Waals surface area contributed by atoms with Crippen molar-refractivity contribution in [1.82, 2.24) is 4.90 Å². The van der Waals surface area contributed by atoms with Crippen LogP contribution < -0.4 is 0 Å². The van der Waals surface area contributed by atoms with E-state index >= 15 is 0 Å². The molecule has 0 aromatic heterocycles. The molecule has 0 bridgehead atoms. The van der Waals surface area contributed by atoms with Gasteiger partial charge in [0.2, 0.25) is 0 Å². The molecule has 1 heterocycles. The van der Waals surface area contributed by atoms with Crippen LogP contribution in [0.15, 0.2) is 0 Å². The molecule has 1 saturated heterocycles. The van der Waals surface area contributed by atoms with E-state index < -0.39 is 5.60 Å². The Morgan fingerprint density at radius 1 is 1.58 bits per heavy atom. The highest BCUT2D eigenvalue weighted by molar-refractivity contribution is 5.13. The normalized spacial score (nSPS) is 43.9. The van der Waals surface area contributed by atoms with Crippen LogP contribution in [0.4, 0.5) is 0 Å². The van der Waals surface area contributed by atoms with Gasteiger partial charge in [-0.3, -0.25) is 0 Å². The quantitative estimate of drug-likeness (QED) is 0.537. The highest BCUT2D eigenvalue weighted by Crippen LogP contribution is 2.29. The van der Waals surface area contributed by atoms with Gasteiger partial charge in [0.05, 0.1) is 0 Å². The zero-order valence-corrected chi connectivity index (χ0v) is 8.04. The lowest BCUT2D eigenvalue weighted by Crippen LogP contribution is -2.52. The van der Waals surface area contributed by atoms with Crippen molar-refractivity contribution in [3.05, 3.63) is 0 Å². The summed E-state index contributed by atoms with van der Waals surface area (Å²) in [6, 6.07) is 0.377. The van der Waals surface area contributed by atoms with E-state index in [4.69, 9.17) is 6.42 Å². The minimum absolute atomic E-state index is 0.170. The van der Waals surface area contributed by atoms with Gasteiger partial charge in [-0.1, -0.05) is 12.8 Å². The maximum atomic E-state index is 9.97. The predicted molar refractivity (Wildman–Crippen MR) is 49.7 cm³/mol. The van der Waals surface area contributed by atoms with E-state index in [0.29, 0.717) is 12.5 Å². The van der Waals surface area contributed by atoms with Crippen LogP contribution in [0.3, 0.4) is 0 Å². The molecule has 1 aliphatic heterocycles. The minimum atomic E-state index is -0.883. The largest absolute Gasteiger partial charge is 0.377 e. The van der Waals surface area contributed by atoms with Crippen LogP contribution >= 0.6 is 0 Å². The lowest BCUT2D eigenvalue weighted by atomic mass is 9.80. The van der Waals surface area contributed by atoms with E-state index in [2.05, 4.69) is 24.8 Å². The molecule has 3 atom stereocenters. The molecule has 0 aromatic rings. The number of hydrogen-bond acceptors (Lipinski definition) is 2. The summed E-state index contributed by atoms with van der Waals surface area (Å²) in [7, 11) is 2.07. The van der Waals surface area contributed by atoms with Crippen molar-refractivity contribution in [1.29, 1.82) is 0 Å². The summed E-state index contributed by atoms with van der Waals surface area (Å²) >= 11 is 0. The molecular formula is C10H17NO. The third-order valence-electron chi connectivity index (χ3n) is 2.99. The second kappa shape index (κ2) is 3.08. The summed E-state index contributed by atoms with van der Waals surface area (Å²) in [5.41, 5.74) is -0.883. The first-order chi connectivity index (χ1) is 5.49. The Hall–Kier alpha value is -0.520. The van der Waals surface area contributed by atoms with Gasteiger partial charge in [0.15, 0.2) is 0 Å². The van der Waals surface area contributed by atoms with E-state index in [0.717, 1.165) is 6.54 Å². The number of piperidine rings is 1. The van der Waals surface area contributed by atoms with Crippen LogP contribution in [0.1, 0.15) is 20.3 Å². The first kappa shape index (κ1) is 9.57. The Kier molecular flexibility index (Phi) is 2.46. The molecule has 12 heavy (non-hydrogen) atoms. The summed E-state index contributed by atoms with van der Waals surface area (Å²) in [6.07, 6.45) is 6.00. The molecule has 0 saturated carbocycles. The van der Waals surface area contributed by atoms with Crippen molar-refractivity contribution in [3.63, 3.8) is 0 Å². The lowest BCUT2D eigenvalue weighted by Gasteiger charge is -2.42. The van der Waals surface area contributed by atoms with Crippen LogP contribution in [-0.2, 0) is 0 Å². The molecule has 68 valence electrons. The van der Waals surface area contributed by atoms with E-state index in [9.17, 15) is 5.11 Å². The molecule has 0 spiro atoms. The fourth-order valence-corrected chi connectivity index (χ4v) is 1.77. The first-order valence-electron chi connectivity index (χ1n) is 4.40. The van der Waals surface area contributed by atoms with Gasteiger partial charge >= 0.3 is 0 Å². The third kappa shape index (κ3) is 1.48. The maximum absolute atomic E-state index is 9.97. The predicted octanol–water partition coefficient (Wildman–Crippen LogP) is 0.711. The second-order valence-corrected chi connectivity index (χ2v) is 3.96. The molecule has 1 aliphatic rings. The molecule has 0 unspecified atom stereocenters. The molecule has 1 rings (SSSR count). The number of rotatable bonds is 0. The van der Waals surface area contributed by atoms with E-state index in [1.165, 1.54) is 0 Å². The Balaban J connectivity index is 2.76. The molecule has 0 radical (unpaired) electrons. The summed E-state index contributed by atoms with van der Waals surface area (Å²) in [4.78, 5) is 2.23. The number of aliphatic hydroxyl groups is 1. The Morgan fingerprint density at radius 2 is 2.17 bits per heavy atom. The number of nitrogens with zero attached hydrogens (tertiary/aromatic N) is 1. The lowest BCUT2D eigenvalue weighted by molar-refractivity contribution is -0.0345. The van der Waals surface area contributed by atoms with Crippen molar-refractivity contribution in [2.24, 2.45) is 5.92 Å². The fraction of sp³-hybridized carbons (Fsp3) is 0.800. The van der Waals surface area contributed by atoms with Crippen molar-refractivity contribution >= 4 is 0 Å². The van der Waals surface area contributed by atoms with Gasteiger partial charge < -0.3 is 10.0 Å². The second-order valence-electron chi connectivity index (χ2n) is 3.96. The fourth-order valence-electron chi connectivity index (χ4n) is 1.77. The van der Waals surface area contributed by atoms with Crippen LogP contribution in [0.5, 0.6) is 0 Å². The third-order valence-corrected chi connectivity index (χ3v) is 2.99. The molecule has 2 nitrogen and oxygen atoms in total. The first-order valence-corrected chi connectivity index (χ1v) is 4.40. The van der Waals surface area contributed by atoms with Crippen LogP contribution in [0.25, 0.3) is 0 Å². The van der Waals surface area contributed by atoms with Gasteiger partial charge in [0, 0.05) is 24.9 Å². The number of hydrogen-bond donors (Lipinski definition) is 1. The number of terminal acetylenes is 1. The highest BCUT2D eigenvalue weighted by atomic mass is 16.3. The SMILES string of the molecule is C#C[C@@]1(O)C[C@@H](C)N(C)C[C@H]1C. The minimum Gasteiger partial charge on any atom is -0.377 e. The molecule has 1 N–H and O–H groups in total. The Labute approximate surface area is 74.6 Å². The molecular weight excluding hydrogens is 150 g/mol. The summed E-state index contributed by atoms with van der Waals surface area (Å²) < 4.78 is 0. The summed E-state index contributed by atoms with van der Waals surface area (Å²) in [6.45, 7) is 4.97. The maximum Gasteiger partial charge on any atom is 0.130 e. The average molecular weight is 167 g/mol. The topological polar surface area (TPSA) is 23.5 Å². The Morgan fingerprint density at radius 3 is 2.67 bits per heavy atom. The van der Waals surface area contributed by atoms with E-state index in [1.807, 2.05) is 6.92 Å². The van der Waals surface area contributed by atoms with E-state index in [-0.39, 0.29) is 5.92 Å². The van der Waals surface area contributed by atoms with Crippen molar-refractivity contribution in [3.8, 4) is 12.3 Å². The van der Waals surface area contributed by atoms with Gasteiger partial charge in [0.1, 0.15) is 5.60 Å². The van der Waals surface area contributed by atoms with Crippen LogP contribution in [0, 0.1) is 18.3 Å². The van der Waals surface area contributed by atoms with Crippen LogP contribution in [-0.4, -0.2) is 35.2 Å². The zero-order chi connectivity index (χ0) is 9.35. The summed E-state index contributed by atoms with van der Waals surface area (Å²) in [5.74, 6) is 2.68. The van der Waals surface area contributed by atoms with E-state index in [1.54, 1.807) is 0 Å². The van der Waals surface area contributed by atoms with Crippen molar-refractivity contribution in [2.45, 2.75) is 31.9 Å². The smallest absolute Gasteiger partial charge is 0.130 e. The summed E-state index contributed by atoms with van der Waals surface area (Å²) in [5, 5.41) is 9.97. The van der Waals surface area contributed by atoms with Crippen molar-refractivity contribution < 1.29 is 5.11 Å². The average Bonchev–Trinajstić information content (AvgIpc) is 2.01. The number of likely N-dealkylation sites (tertiary alicyclic amines) is 1. The highest BCUT2D eigenvalue weighted by Gasteiger charge is 2.39. The molecule has 0 aromatic carbocycles. The van der Waals surface area contributed by atoms with Crippen molar-refractivity contribution in [2.75, 3.05) is 13.6 Å². The van der Waals surface area contributed by atoms with Gasteiger partial charge in [-0.2, -0.15) is 0 Å². The van der Waals surface area contributed by atoms with Gasteiger partial charge in [0.25, 0.3) is 0 Å². The monoisotopic (exact) mass is 167 g/mol. The van der Waals surface area contributed by atoms with Gasteiger partial charge in [-0.25, -0.2) is 0 Å². The van der Waals surface area contributed by atoms with Gasteiger partial charge in [-0.15, -0.1) is 6.42 Å². The van der Waals surface area contributed by atoms with Gasteiger partial charge in [-0.05, 0) is 14.0 Å². The molecule has 2 heteroatoms. The molecule has 0 amide bonds.